The van der Waals surface area contributed by atoms with E-state index in [4.69, 9.17) is 5.41 Å². The number of rotatable bonds is 6. The minimum absolute atomic E-state index is 0.593. The Morgan fingerprint density at radius 3 is 2.54 bits per heavy atom. The van der Waals surface area contributed by atoms with Gasteiger partial charge in [0.1, 0.15) is 6.67 Å². The van der Waals surface area contributed by atoms with Gasteiger partial charge in [0.25, 0.3) is 0 Å². The van der Waals surface area contributed by atoms with Crippen molar-refractivity contribution in [2.75, 3.05) is 27.3 Å². The maximum atomic E-state index is 6.70. The Morgan fingerprint density at radius 2 is 1.92 bits per heavy atom. The van der Waals surface area contributed by atoms with Gasteiger partial charge in [-0.2, -0.15) is 10.2 Å². The molecule has 0 aliphatic rings. The van der Waals surface area contributed by atoms with Gasteiger partial charge in [-0.15, -0.1) is 0 Å². The molecule has 1 N–H and O–H groups in total. The number of hydrogen-bond donors (Lipinski definition) is 1. The molecule has 0 rings (SSSR count). The smallest absolute Gasteiger partial charge is 0.112 e. The monoisotopic (exact) mass is 180 g/mol. The molecule has 0 aromatic rings. The average Bonchev–Trinajstić information content (AvgIpc) is 2.09. The van der Waals surface area contributed by atoms with Gasteiger partial charge in [-0.05, 0) is 20.2 Å². The second-order valence-electron chi connectivity index (χ2n) is 2.67. The second-order valence-corrected chi connectivity index (χ2v) is 2.67. The molecule has 13 heavy (non-hydrogen) atoms. The van der Waals surface area contributed by atoms with Crippen LogP contribution in [-0.4, -0.2) is 38.4 Å². The van der Waals surface area contributed by atoms with Crippen LogP contribution in [-0.2, 0) is 0 Å². The fraction of sp³-hybridized carbons (Fsp3) is 0.444. The Hall–Kier alpha value is -1.29. The van der Waals surface area contributed by atoms with E-state index in [1.165, 1.54) is 6.21 Å². The molecular formula is C9H16N4. The molecule has 0 atom stereocenters. The summed E-state index contributed by atoms with van der Waals surface area (Å²) in [4.78, 5) is 1.95. The Kier molecular flexibility index (Phi) is 7.93. The minimum Gasteiger partial charge on any atom is -0.309 e. The number of azo groups is 1. The Bertz CT molecular complexity index is 204. The molecule has 0 saturated carbocycles. The van der Waals surface area contributed by atoms with Crippen LogP contribution < -0.4 is 0 Å². The third-order valence-corrected chi connectivity index (χ3v) is 1.09. The third kappa shape index (κ3) is 10.7. The summed E-state index contributed by atoms with van der Waals surface area (Å²) < 4.78 is 0. The predicted molar refractivity (Wildman–Crippen MR) is 55.3 cm³/mol. The Labute approximate surface area is 79.2 Å². The van der Waals surface area contributed by atoms with Gasteiger partial charge in [-0.3, -0.25) is 4.90 Å². The van der Waals surface area contributed by atoms with Gasteiger partial charge < -0.3 is 5.41 Å². The summed E-state index contributed by atoms with van der Waals surface area (Å²) in [6, 6.07) is 0. The van der Waals surface area contributed by atoms with Crippen LogP contribution in [0.15, 0.2) is 34.5 Å². The number of allylic oxidation sites excluding steroid dienone is 3. The summed E-state index contributed by atoms with van der Waals surface area (Å²) in [5, 5.41) is 14.5. The van der Waals surface area contributed by atoms with Crippen LogP contribution in [0, 0.1) is 5.41 Å². The molecule has 0 heterocycles. The van der Waals surface area contributed by atoms with Crippen molar-refractivity contribution >= 4 is 6.21 Å². The number of nitrogens with one attached hydrogen (secondary N) is 1. The van der Waals surface area contributed by atoms with E-state index >= 15 is 0 Å². The van der Waals surface area contributed by atoms with E-state index in [1.54, 1.807) is 12.2 Å². The Morgan fingerprint density at radius 1 is 1.15 bits per heavy atom. The summed E-state index contributed by atoms with van der Waals surface area (Å²) in [5.74, 6) is 0. The van der Waals surface area contributed by atoms with Crippen molar-refractivity contribution in [3.8, 4) is 0 Å². The maximum Gasteiger partial charge on any atom is 0.112 e. The minimum atomic E-state index is 0.593. The van der Waals surface area contributed by atoms with E-state index in [0.29, 0.717) is 13.2 Å². The molecule has 0 fully saturated rings. The van der Waals surface area contributed by atoms with Crippen LogP contribution in [0.5, 0.6) is 0 Å². The first kappa shape index (κ1) is 11.7. The highest BCUT2D eigenvalue weighted by Crippen LogP contribution is 1.82. The van der Waals surface area contributed by atoms with Crippen LogP contribution in [0.25, 0.3) is 0 Å². The fourth-order valence-electron chi connectivity index (χ4n) is 0.535. The van der Waals surface area contributed by atoms with E-state index < -0.39 is 0 Å². The highest BCUT2D eigenvalue weighted by molar-refractivity contribution is 5.68. The van der Waals surface area contributed by atoms with E-state index in [-0.39, 0.29) is 0 Å². The van der Waals surface area contributed by atoms with E-state index in [2.05, 4.69) is 10.2 Å². The highest BCUT2D eigenvalue weighted by Gasteiger charge is 1.81. The number of nitrogens with zero attached hydrogens (tertiary/aromatic N) is 3. The summed E-state index contributed by atoms with van der Waals surface area (Å²) in [6.45, 7) is 1.22. The molecule has 0 aromatic heterocycles. The lowest BCUT2D eigenvalue weighted by atomic mass is 10.4. The molecule has 72 valence electrons. The molecule has 0 aliphatic heterocycles. The zero-order valence-corrected chi connectivity index (χ0v) is 8.14. The van der Waals surface area contributed by atoms with Gasteiger partial charge >= 0.3 is 0 Å². The largest absolute Gasteiger partial charge is 0.309 e. The predicted octanol–water partition coefficient (Wildman–Crippen LogP) is 1.72. The van der Waals surface area contributed by atoms with E-state index in [9.17, 15) is 0 Å². The van der Waals surface area contributed by atoms with Gasteiger partial charge in [0, 0.05) is 6.21 Å². The lowest BCUT2D eigenvalue weighted by Gasteiger charge is -2.01. The molecule has 4 heteroatoms. The standard InChI is InChI=1S/C9H16N4/c1-13(2)9-12-11-8-6-4-3-5-7-10/h3-7,10H,8-9H2,1-2H3/b5-3-,6-4+,10-7?,12-11?. The van der Waals surface area contributed by atoms with Crippen LogP contribution in [0.1, 0.15) is 0 Å². The van der Waals surface area contributed by atoms with Crippen LogP contribution in [0.2, 0.25) is 0 Å². The van der Waals surface area contributed by atoms with Crippen LogP contribution in [0.3, 0.4) is 0 Å². The molecular weight excluding hydrogens is 164 g/mol. The van der Waals surface area contributed by atoms with Crippen molar-refractivity contribution in [2.45, 2.75) is 0 Å². The van der Waals surface area contributed by atoms with Gasteiger partial charge in [-0.25, -0.2) is 0 Å². The van der Waals surface area contributed by atoms with Gasteiger partial charge in [0.2, 0.25) is 0 Å². The number of hydrogen-bond acceptors (Lipinski definition) is 4. The molecule has 0 aliphatic carbocycles. The van der Waals surface area contributed by atoms with E-state index in [0.717, 1.165) is 0 Å². The normalized spacial score (nSPS) is 12.5. The SMILES string of the molecule is CN(C)CN=NC/C=C/C=C\C=N. The zero-order valence-electron chi connectivity index (χ0n) is 8.14. The van der Waals surface area contributed by atoms with Crippen LogP contribution >= 0.6 is 0 Å². The van der Waals surface area contributed by atoms with Crippen molar-refractivity contribution in [3.63, 3.8) is 0 Å². The molecule has 0 unspecified atom stereocenters. The third-order valence-electron chi connectivity index (χ3n) is 1.09. The quantitative estimate of drug-likeness (QED) is 0.377. The summed E-state index contributed by atoms with van der Waals surface area (Å²) in [6.07, 6.45) is 8.40. The lowest BCUT2D eigenvalue weighted by Crippen LogP contribution is -2.10. The maximum absolute atomic E-state index is 6.70. The summed E-state index contributed by atoms with van der Waals surface area (Å²) in [5.41, 5.74) is 0. The molecule has 4 nitrogen and oxygen atoms in total. The average molecular weight is 180 g/mol. The van der Waals surface area contributed by atoms with Crippen LogP contribution in [0.4, 0.5) is 0 Å². The topological polar surface area (TPSA) is 51.8 Å². The summed E-state index contributed by atoms with van der Waals surface area (Å²) >= 11 is 0. The first-order chi connectivity index (χ1) is 6.27. The van der Waals surface area contributed by atoms with Gasteiger partial charge in [-0.1, -0.05) is 18.2 Å². The van der Waals surface area contributed by atoms with Crippen molar-refractivity contribution in [1.29, 1.82) is 5.41 Å². The lowest BCUT2D eigenvalue weighted by molar-refractivity contribution is 0.413. The van der Waals surface area contributed by atoms with Crippen molar-refractivity contribution < 1.29 is 0 Å². The molecule has 0 spiro atoms. The first-order valence-corrected chi connectivity index (χ1v) is 4.07. The zero-order chi connectivity index (χ0) is 9.94. The van der Waals surface area contributed by atoms with Crippen molar-refractivity contribution in [3.05, 3.63) is 24.3 Å². The highest BCUT2D eigenvalue weighted by atomic mass is 15.2. The Balaban J connectivity index is 3.43. The van der Waals surface area contributed by atoms with Crippen molar-refractivity contribution in [2.24, 2.45) is 10.2 Å². The molecule has 0 saturated heterocycles. The second kappa shape index (κ2) is 8.80. The van der Waals surface area contributed by atoms with E-state index in [1.807, 2.05) is 31.1 Å². The van der Waals surface area contributed by atoms with Gasteiger partial charge in [0.15, 0.2) is 0 Å². The molecule has 0 aromatic carbocycles. The molecule has 0 radical (unpaired) electrons. The van der Waals surface area contributed by atoms with Gasteiger partial charge in [0.05, 0.1) is 6.54 Å². The first-order valence-electron chi connectivity index (χ1n) is 4.07. The summed E-state index contributed by atoms with van der Waals surface area (Å²) in [7, 11) is 3.89. The molecule has 0 amide bonds. The van der Waals surface area contributed by atoms with Crippen molar-refractivity contribution in [1.82, 2.24) is 4.90 Å². The fourth-order valence-corrected chi connectivity index (χ4v) is 0.535. The molecule has 0 bridgehead atoms.